The number of phenolic OH excluding ortho intramolecular Hbond substituents is 8. The molecule has 0 amide bonds. The van der Waals surface area contributed by atoms with E-state index < -0.39 is 21.7 Å². The molecule has 0 unspecified atom stereocenters. The third-order valence-corrected chi connectivity index (χ3v) is 24.6. The maximum Gasteiger partial charge on any atom is 0.126 e. The van der Waals surface area contributed by atoms with Crippen LogP contribution < -0.4 is 0 Å². The molecule has 8 aromatic rings. The lowest BCUT2D eigenvalue weighted by Gasteiger charge is -2.29. The molecule has 820 valence electrons. The zero-order chi connectivity index (χ0) is 108. The van der Waals surface area contributed by atoms with Crippen molar-refractivity contribution in [2.75, 3.05) is 246 Å². The van der Waals surface area contributed by atoms with Crippen molar-refractivity contribution in [2.24, 2.45) is 0 Å². The van der Waals surface area contributed by atoms with Gasteiger partial charge in [0.2, 0.25) is 0 Å². The van der Waals surface area contributed by atoms with Gasteiger partial charge in [-0.05, 0) is 142 Å². The standard InChI is InChI=1S/C31H48O10.C29H44O9.C27H40O8.C25H36O7/c1-31(2,27-15-23(19-38-11-7-34-3)29(32)24(16-27)20-39-12-8-35-4)28-17-25(21-40-13-9-36-5)30(33)26(18-28)22-41-14-10-37-6;1-29(2,25-13-21(17-35-6)27(30)22(14-25)18-36-10-7-32-3)26-15-23(19-37-11-8-33-4)28(31)24(16-26)20-38-12-9-34-5;1-27(2,23-11-19(15-32-5)25(28)21(13-23)17-34-9-7-30-3)24-12-20(16-33-6)26(29)22(14-24)18-35-10-8-31-4;1-25(2,21-9-17(13-29-4)23(26)18(10-21)14-30-5)22-11-19(15-31-6)24(27)20(12-22)16-32-8-7-28-3/h15-18,32-33H,7-14,19-22H2,1-6H3;13-16,30-31H,7-12,17-20H2,1-6H3;11-14,28-29H,7-10,15-18H2,1-6H3;9-12,26-27H,7-8,13-16H2,1-6H3. The van der Waals surface area contributed by atoms with Crippen LogP contribution in [-0.4, -0.2) is 287 Å². The van der Waals surface area contributed by atoms with Gasteiger partial charge in [-0.15, -0.1) is 0 Å². The molecule has 0 aromatic heterocycles. The summed E-state index contributed by atoms with van der Waals surface area (Å²) in [5.41, 5.74) is 16.6. The second-order valence-electron chi connectivity index (χ2n) is 36.7. The fourth-order valence-electron chi connectivity index (χ4n) is 15.6. The van der Waals surface area contributed by atoms with Gasteiger partial charge < -0.3 is 164 Å². The van der Waals surface area contributed by atoms with Crippen LogP contribution in [0, 0.1) is 0 Å². The minimum absolute atomic E-state index is 0.143. The molecule has 8 aromatic carbocycles. The average molecular weight is 2060 g/mol. The normalized spacial score (nSPS) is 11.8. The Hall–Kier alpha value is -8.88. The minimum atomic E-state index is -0.535. The first-order chi connectivity index (χ1) is 70.2. The SMILES string of the molecule is COCCOCc1cc(C(C)(C)c2cc(COC)c(O)c(COC)c2)cc(COC)c1O.COCCOCc1cc(C(C)(C)c2cc(COC)c(O)c(COCCOC)c2)cc(COC)c1O.COCCOCc1cc(C(C)(C)c2cc(COCCOC)c(O)c(COCCOC)c2)cc(COC)c1O.COCCOCc1cc(C(C)(C)c2cc(COCCOC)c(O)c(COCCOC)c2)cc(COCCOC)c1O. The summed E-state index contributed by atoms with van der Waals surface area (Å²) in [6.07, 6.45) is 0. The van der Waals surface area contributed by atoms with Gasteiger partial charge in [0.1, 0.15) is 46.0 Å². The van der Waals surface area contributed by atoms with Crippen LogP contribution >= 0.6 is 0 Å². The van der Waals surface area contributed by atoms with Gasteiger partial charge in [0.05, 0.1) is 238 Å². The monoisotopic (exact) mass is 2060 g/mol. The molecule has 0 heterocycles. The van der Waals surface area contributed by atoms with E-state index in [1.165, 1.54) is 0 Å². The number of ether oxygens (including phenoxy) is 26. The lowest BCUT2D eigenvalue weighted by molar-refractivity contribution is 0.0575. The summed E-state index contributed by atoms with van der Waals surface area (Å²) in [5, 5.41) is 86.9. The zero-order valence-electron chi connectivity index (χ0n) is 90.9. The maximum atomic E-state index is 11.1. The molecule has 0 bridgehead atoms. The van der Waals surface area contributed by atoms with E-state index in [-0.39, 0.29) is 152 Å². The Morgan fingerprint density at radius 2 is 0.212 bits per heavy atom. The smallest absolute Gasteiger partial charge is 0.126 e. The van der Waals surface area contributed by atoms with Crippen molar-refractivity contribution in [1.82, 2.24) is 0 Å². The molecule has 8 N–H and O–H groups in total. The number of hydrogen-bond donors (Lipinski definition) is 8. The van der Waals surface area contributed by atoms with Crippen LogP contribution in [0.4, 0.5) is 0 Å². The van der Waals surface area contributed by atoms with Crippen LogP contribution in [0.3, 0.4) is 0 Å². The summed E-state index contributed by atoms with van der Waals surface area (Å²) in [5.74, 6) is 1.30. The summed E-state index contributed by atoms with van der Waals surface area (Å²) in [4.78, 5) is 0. The first kappa shape index (κ1) is 128. The van der Waals surface area contributed by atoms with E-state index in [4.69, 9.17) is 123 Å². The summed E-state index contributed by atoms with van der Waals surface area (Å²) < 4.78 is 140. The van der Waals surface area contributed by atoms with Crippen molar-refractivity contribution < 1.29 is 164 Å². The molecular weight excluding hydrogens is 1890 g/mol. The lowest BCUT2D eigenvalue weighted by atomic mass is 9.76. The van der Waals surface area contributed by atoms with Crippen LogP contribution in [-0.2, 0) is 251 Å². The van der Waals surface area contributed by atoms with Gasteiger partial charge in [-0.3, -0.25) is 0 Å². The Bertz CT molecular complexity index is 4750. The molecular formula is C112H168O34. The third kappa shape index (κ3) is 40.5. The van der Waals surface area contributed by atoms with Gasteiger partial charge in [0.15, 0.2) is 0 Å². The Kier molecular flexibility index (Phi) is 60.7. The molecule has 34 nitrogen and oxygen atoms in total. The molecule has 0 saturated heterocycles. The second kappa shape index (κ2) is 69.5. The maximum absolute atomic E-state index is 11.1. The number of rotatable bonds is 70. The largest absolute Gasteiger partial charge is 0.507 e. The molecule has 146 heavy (non-hydrogen) atoms. The Morgan fingerprint density at radius 1 is 0.130 bits per heavy atom. The van der Waals surface area contributed by atoms with Gasteiger partial charge >= 0.3 is 0 Å². The lowest BCUT2D eigenvalue weighted by Crippen LogP contribution is -2.21. The quantitative estimate of drug-likeness (QED) is 0.0164. The number of hydrogen-bond acceptors (Lipinski definition) is 34. The van der Waals surface area contributed by atoms with Crippen molar-refractivity contribution in [3.8, 4) is 46.0 Å². The van der Waals surface area contributed by atoms with E-state index in [9.17, 15) is 40.9 Å². The molecule has 0 aliphatic rings. The first-order valence-corrected chi connectivity index (χ1v) is 48.6. The van der Waals surface area contributed by atoms with E-state index in [0.717, 1.165) is 44.5 Å². The highest BCUT2D eigenvalue weighted by atomic mass is 16.6. The van der Waals surface area contributed by atoms with Crippen LogP contribution in [0.5, 0.6) is 46.0 Å². The van der Waals surface area contributed by atoms with E-state index >= 15 is 0 Å². The van der Waals surface area contributed by atoms with Crippen molar-refractivity contribution in [3.63, 3.8) is 0 Å². The van der Waals surface area contributed by atoms with Crippen LogP contribution in [0.25, 0.3) is 0 Å². The fraction of sp³-hybridized carbons (Fsp3) is 0.571. The highest BCUT2D eigenvalue weighted by Crippen LogP contribution is 2.46. The predicted octanol–water partition coefficient (Wildman–Crippen LogP) is 16.2. The number of phenols is 8. The molecule has 0 spiro atoms. The summed E-state index contributed by atoms with van der Waals surface area (Å²) in [6, 6.07) is 31.3. The molecule has 0 radical (unpaired) electrons. The molecule has 0 fully saturated rings. The Morgan fingerprint density at radius 3 is 0.288 bits per heavy atom. The molecule has 0 saturated carbocycles. The van der Waals surface area contributed by atoms with Gasteiger partial charge in [-0.1, -0.05) is 55.4 Å². The molecule has 0 aliphatic carbocycles. The summed E-state index contributed by atoms with van der Waals surface area (Å²) >= 11 is 0. The fourth-order valence-corrected chi connectivity index (χ4v) is 15.6. The highest BCUT2D eigenvalue weighted by Gasteiger charge is 2.34. The van der Waals surface area contributed by atoms with E-state index in [1.807, 2.05) is 97.1 Å². The van der Waals surface area contributed by atoms with Crippen molar-refractivity contribution in [2.45, 2.75) is 183 Å². The second-order valence-corrected chi connectivity index (χ2v) is 36.7. The topological polar surface area (TPSA) is 402 Å². The molecule has 0 aliphatic heterocycles. The molecule has 0 atom stereocenters. The molecule has 34 heteroatoms. The van der Waals surface area contributed by atoms with E-state index in [2.05, 4.69) is 55.4 Å². The van der Waals surface area contributed by atoms with Crippen LogP contribution in [0.1, 0.15) is 189 Å². The predicted molar refractivity (Wildman–Crippen MR) is 553 cm³/mol. The number of benzene rings is 8. The third-order valence-electron chi connectivity index (χ3n) is 24.6. The van der Waals surface area contributed by atoms with E-state index in [0.29, 0.717) is 221 Å². The van der Waals surface area contributed by atoms with Crippen LogP contribution in [0.2, 0.25) is 0 Å². The minimum Gasteiger partial charge on any atom is -0.507 e. The van der Waals surface area contributed by atoms with Gasteiger partial charge in [0, 0.05) is 224 Å². The summed E-state index contributed by atoms with van der Waals surface area (Å²) in [6.45, 7) is 29.6. The molecule has 8 rings (SSSR count). The Balaban J connectivity index is 0.000000344. The van der Waals surface area contributed by atoms with Gasteiger partial charge in [-0.25, -0.2) is 0 Å². The number of methoxy groups -OCH3 is 16. The highest BCUT2D eigenvalue weighted by molar-refractivity contribution is 5.58. The zero-order valence-corrected chi connectivity index (χ0v) is 90.9. The average Bonchev–Trinajstić information content (AvgIpc) is 0.782. The van der Waals surface area contributed by atoms with E-state index in [1.54, 1.807) is 114 Å². The summed E-state index contributed by atoms with van der Waals surface area (Å²) in [7, 11) is 25.7. The van der Waals surface area contributed by atoms with Crippen molar-refractivity contribution in [3.05, 3.63) is 231 Å². The number of aromatic hydroxyl groups is 8. The Labute approximate surface area is 865 Å². The van der Waals surface area contributed by atoms with Crippen molar-refractivity contribution >= 4 is 0 Å². The van der Waals surface area contributed by atoms with Crippen LogP contribution in [0.15, 0.2) is 97.1 Å². The van der Waals surface area contributed by atoms with Crippen molar-refractivity contribution in [1.29, 1.82) is 0 Å². The van der Waals surface area contributed by atoms with Gasteiger partial charge in [-0.2, -0.15) is 0 Å². The first-order valence-electron chi connectivity index (χ1n) is 48.6. The van der Waals surface area contributed by atoms with Gasteiger partial charge in [0.25, 0.3) is 0 Å².